The van der Waals surface area contributed by atoms with Crippen molar-refractivity contribution in [1.82, 2.24) is 9.78 Å². The molecule has 18 heavy (non-hydrogen) atoms. The standard InChI is InChI=1S/C13H16N4O/c1-17-8-7-12(16-17)15-13(18)11(14)9-10-5-3-2-4-6-10/h2-8,11H,9,14H2,1H3,(H,15,16,18)/t11-/m1/s1. The van der Waals surface area contributed by atoms with E-state index in [2.05, 4.69) is 10.4 Å². The van der Waals surface area contributed by atoms with Crippen molar-refractivity contribution >= 4 is 11.7 Å². The summed E-state index contributed by atoms with van der Waals surface area (Å²) in [4.78, 5) is 11.8. The Balaban J connectivity index is 1.93. The van der Waals surface area contributed by atoms with Gasteiger partial charge in [0.2, 0.25) is 5.91 Å². The van der Waals surface area contributed by atoms with E-state index >= 15 is 0 Å². The summed E-state index contributed by atoms with van der Waals surface area (Å²) in [5.74, 6) is 0.295. The van der Waals surface area contributed by atoms with E-state index in [1.165, 1.54) is 0 Å². The molecule has 2 aromatic rings. The van der Waals surface area contributed by atoms with Crippen LogP contribution in [0.15, 0.2) is 42.6 Å². The minimum absolute atomic E-state index is 0.224. The second kappa shape index (κ2) is 5.46. The van der Waals surface area contributed by atoms with Gasteiger partial charge in [-0.05, 0) is 12.0 Å². The molecule has 1 aromatic carbocycles. The van der Waals surface area contributed by atoms with Crippen LogP contribution in [-0.2, 0) is 18.3 Å². The van der Waals surface area contributed by atoms with Gasteiger partial charge >= 0.3 is 0 Å². The molecule has 5 nitrogen and oxygen atoms in total. The average Bonchev–Trinajstić information content (AvgIpc) is 2.76. The maximum absolute atomic E-state index is 11.8. The molecule has 5 heteroatoms. The first kappa shape index (κ1) is 12.3. The number of amides is 1. The van der Waals surface area contributed by atoms with Crippen LogP contribution >= 0.6 is 0 Å². The van der Waals surface area contributed by atoms with Gasteiger partial charge in [-0.1, -0.05) is 30.3 Å². The Morgan fingerprint density at radius 1 is 1.39 bits per heavy atom. The van der Waals surface area contributed by atoms with E-state index in [-0.39, 0.29) is 5.91 Å². The number of hydrogen-bond acceptors (Lipinski definition) is 3. The van der Waals surface area contributed by atoms with Gasteiger partial charge in [0.1, 0.15) is 0 Å². The molecule has 0 aliphatic carbocycles. The zero-order chi connectivity index (χ0) is 13.0. The summed E-state index contributed by atoms with van der Waals surface area (Å²) in [5.41, 5.74) is 6.90. The van der Waals surface area contributed by atoms with E-state index in [9.17, 15) is 4.79 Å². The van der Waals surface area contributed by atoms with Gasteiger partial charge in [0.25, 0.3) is 0 Å². The highest BCUT2D eigenvalue weighted by Gasteiger charge is 2.14. The summed E-state index contributed by atoms with van der Waals surface area (Å²) < 4.78 is 1.62. The summed E-state index contributed by atoms with van der Waals surface area (Å²) in [6.45, 7) is 0. The number of nitrogens with one attached hydrogen (secondary N) is 1. The van der Waals surface area contributed by atoms with Crippen LogP contribution in [0.3, 0.4) is 0 Å². The maximum atomic E-state index is 11.8. The summed E-state index contributed by atoms with van der Waals surface area (Å²) in [5, 5.41) is 6.76. The zero-order valence-corrected chi connectivity index (χ0v) is 10.2. The number of carbonyl (C=O) groups excluding carboxylic acids is 1. The van der Waals surface area contributed by atoms with Crippen molar-refractivity contribution in [2.75, 3.05) is 5.32 Å². The first-order chi connectivity index (χ1) is 8.65. The second-order valence-electron chi connectivity index (χ2n) is 4.16. The summed E-state index contributed by atoms with van der Waals surface area (Å²) in [6, 6.07) is 10.9. The molecule has 1 aromatic heterocycles. The minimum atomic E-state index is -0.575. The predicted molar refractivity (Wildman–Crippen MR) is 70.0 cm³/mol. The van der Waals surface area contributed by atoms with Crippen molar-refractivity contribution in [3.63, 3.8) is 0 Å². The first-order valence-electron chi connectivity index (χ1n) is 5.75. The molecular formula is C13H16N4O. The highest BCUT2D eigenvalue weighted by molar-refractivity contribution is 5.94. The lowest BCUT2D eigenvalue weighted by molar-refractivity contribution is -0.117. The van der Waals surface area contributed by atoms with Gasteiger partial charge in [-0.3, -0.25) is 9.48 Å². The molecule has 2 rings (SSSR count). The Morgan fingerprint density at radius 2 is 2.11 bits per heavy atom. The molecule has 0 spiro atoms. The Kier molecular flexibility index (Phi) is 3.74. The minimum Gasteiger partial charge on any atom is -0.320 e. The quantitative estimate of drug-likeness (QED) is 0.840. The van der Waals surface area contributed by atoms with Gasteiger partial charge in [0.15, 0.2) is 5.82 Å². The largest absolute Gasteiger partial charge is 0.320 e. The number of nitrogens with two attached hydrogens (primary N) is 1. The summed E-state index contributed by atoms with van der Waals surface area (Å²) in [6.07, 6.45) is 2.28. The van der Waals surface area contributed by atoms with Crippen LogP contribution in [0.1, 0.15) is 5.56 Å². The van der Waals surface area contributed by atoms with E-state index < -0.39 is 6.04 Å². The molecule has 0 saturated carbocycles. The molecule has 94 valence electrons. The highest BCUT2D eigenvalue weighted by Crippen LogP contribution is 2.05. The number of aryl methyl sites for hydroxylation is 1. The van der Waals surface area contributed by atoms with Gasteiger partial charge in [-0.25, -0.2) is 0 Å². The summed E-state index contributed by atoms with van der Waals surface area (Å²) >= 11 is 0. The molecule has 0 saturated heterocycles. The van der Waals surface area contributed by atoms with Gasteiger partial charge < -0.3 is 11.1 Å². The highest BCUT2D eigenvalue weighted by atomic mass is 16.2. The Morgan fingerprint density at radius 3 is 2.72 bits per heavy atom. The molecule has 0 unspecified atom stereocenters. The molecule has 0 aliphatic heterocycles. The lowest BCUT2D eigenvalue weighted by Crippen LogP contribution is -2.37. The number of aromatic nitrogens is 2. The monoisotopic (exact) mass is 244 g/mol. The topological polar surface area (TPSA) is 72.9 Å². The van der Waals surface area contributed by atoms with E-state index in [0.29, 0.717) is 12.2 Å². The van der Waals surface area contributed by atoms with Gasteiger partial charge in [-0.15, -0.1) is 0 Å². The van der Waals surface area contributed by atoms with Crippen molar-refractivity contribution in [3.05, 3.63) is 48.2 Å². The second-order valence-corrected chi connectivity index (χ2v) is 4.16. The Bertz CT molecular complexity index is 521. The Hall–Kier alpha value is -2.14. The lowest BCUT2D eigenvalue weighted by Gasteiger charge is -2.10. The molecule has 0 fully saturated rings. The molecular weight excluding hydrogens is 228 g/mol. The van der Waals surface area contributed by atoms with Gasteiger partial charge in [-0.2, -0.15) is 5.10 Å². The smallest absolute Gasteiger partial charge is 0.242 e. The zero-order valence-electron chi connectivity index (χ0n) is 10.2. The first-order valence-corrected chi connectivity index (χ1v) is 5.75. The lowest BCUT2D eigenvalue weighted by atomic mass is 10.1. The molecule has 0 radical (unpaired) electrons. The number of anilines is 1. The molecule has 0 bridgehead atoms. The number of rotatable bonds is 4. The van der Waals surface area contributed by atoms with Crippen LogP contribution in [0.25, 0.3) is 0 Å². The Labute approximate surface area is 106 Å². The van der Waals surface area contributed by atoms with Crippen LogP contribution in [0.4, 0.5) is 5.82 Å². The number of benzene rings is 1. The van der Waals surface area contributed by atoms with Gasteiger partial charge in [0.05, 0.1) is 6.04 Å². The van der Waals surface area contributed by atoms with Crippen LogP contribution in [0.2, 0.25) is 0 Å². The third-order valence-corrected chi connectivity index (χ3v) is 2.60. The molecule has 3 N–H and O–H groups in total. The molecule has 1 atom stereocenters. The van der Waals surface area contributed by atoms with Crippen molar-refractivity contribution < 1.29 is 4.79 Å². The van der Waals surface area contributed by atoms with Crippen molar-refractivity contribution in [2.24, 2.45) is 12.8 Å². The van der Waals surface area contributed by atoms with Crippen LogP contribution in [0.5, 0.6) is 0 Å². The maximum Gasteiger partial charge on any atom is 0.242 e. The fourth-order valence-electron chi connectivity index (χ4n) is 1.66. The molecule has 0 aliphatic rings. The fraction of sp³-hybridized carbons (Fsp3) is 0.231. The van der Waals surface area contributed by atoms with E-state index in [0.717, 1.165) is 5.56 Å². The summed E-state index contributed by atoms with van der Waals surface area (Å²) in [7, 11) is 1.79. The fourth-order valence-corrected chi connectivity index (χ4v) is 1.66. The third kappa shape index (κ3) is 3.18. The van der Waals surface area contributed by atoms with E-state index in [1.807, 2.05) is 30.3 Å². The molecule has 1 amide bonds. The third-order valence-electron chi connectivity index (χ3n) is 2.60. The number of nitrogens with zero attached hydrogens (tertiary/aromatic N) is 2. The van der Waals surface area contributed by atoms with E-state index in [4.69, 9.17) is 5.73 Å². The predicted octanol–water partition coefficient (Wildman–Crippen LogP) is 0.929. The van der Waals surface area contributed by atoms with Gasteiger partial charge in [0, 0.05) is 19.3 Å². The number of hydrogen-bond donors (Lipinski definition) is 2. The average molecular weight is 244 g/mol. The van der Waals surface area contributed by atoms with E-state index in [1.54, 1.807) is 24.0 Å². The van der Waals surface area contributed by atoms with Crippen LogP contribution in [0, 0.1) is 0 Å². The van der Waals surface area contributed by atoms with Crippen LogP contribution < -0.4 is 11.1 Å². The van der Waals surface area contributed by atoms with Crippen LogP contribution in [-0.4, -0.2) is 21.7 Å². The number of carbonyl (C=O) groups is 1. The van der Waals surface area contributed by atoms with Crippen molar-refractivity contribution in [1.29, 1.82) is 0 Å². The molecule has 1 heterocycles. The van der Waals surface area contributed by atoms with Crippen molar-refractivity contribution in [3.8, 4) is 0 Å². The van der Waals surface area contributed by atoms with Crippen molar-refractivity contribution in [2.45, 2.75) is 12.5 Å². The normalized spacial score (nSPS) is 12.1. The SMILES string of the molecule is Cn1ccc(NC(=O)[C@H](N)Cc2ccccc2)n1.